The molecule has 114 valence electrons. The zero-order valence-electron chi connectivity index (χ0n) is 11.4. The van der Waals surface area contributed by atoms with E-state index in [-0.39, 0.29) is 17.1 Å². The first-order valence-corrected chi connectivity index (χ1v) is 6.73. The van der Waals surface area contributed by atoms with Gasteiger partial charge in [-0.2, -0.15) is 0 Å². The van der Waals surface area contributed by atoms with Crippen molar-refractivity contribution < 1.29 is 18.7 Å². The number of aromatic nitrogens is 1. The van der Waals surface area contributed by atoms with E-state index in [2.05, 4.69) is 10.3 Å². The highest BCUT2D eigenvalue weighted by Gasteiger charge is 2.12. The van der Waals surface area contributed by atoms with E-state index < -0.39 is 24.3 Å². The molecule has 1 aromatic carbocycles. The highest BCUT2D eigenvalue weighted by atomic mass is 35.5. The molecule has 0 aliphatic carbocycles. The van der Waals surface area contributed by atoms with E-state index in [4.69, 9.17) is 16.3 Å². The first kappa shape index (κ1) is 15.9. The second-order valence-electron chi connectivity index (χ2n) is 4.32. The Labute approximate surface area is 131 Å². The van der Waals surface area contributed by atoms with Crippen LogP contribution in [0.4, 0.5) is 10.1 Å². The van der Waals surface area contributed by atoms with Crippen LogP contribution in [0.2, 0.25) is 5.15 Å². The van der Waals surface area contributed by atoms with E-state index in [1.807, 2.05) is 0 Å². The second kappa shape index (κ2) is 7.51. The Bertz CT molecular complexity index is 634. The molecule has 5 nitrogen and oxygen atoms in total. The van der Waals surface area contributed by atoms with Gasteiger partial charge in [-0.1, -0.05) is 29.8 Å². The van der Waals surface area contributed by atoms with Crippen molar-refractivity contribution in [1.82, 2.24) is 4.98 Å². The van der Waals surface area contributed by atoms with Crippen LogP contribution in [0.5, 0.6) is 0 Å². The van der Waals surface area contributed by atoms with Gasteiger partial charge < -0.3 is 10.1 Å². The number of hydrogen-bond donors (Lipinski definition) is 1. The van der Waals surface area contributed by atoms with Crippen molar-refractivity contribution in [2.75, 3.05) is 11.9 Å². The maximum absolute atomic E-state index is 13.4. The number of ether oxygens (including phenoxy) is 1. The summed E-state index contributed by atoms with van der Waals surface area (Å²) in [7, 11) is 0. The number of nitrogens with one attached hydrogen (secondary N) is 1. The van der Waals surface area contributed by atoms with Crippen molar-refractivity contribution in [3.05, 3.63) is 59.1 Å². The van der Waals surface area contributed by atoms with Gasteiger partial charge in [-0.05, 0) is 23.8 Å². The lowest BCUT2D eigenvalue weighted by atomic mass is 10.1. The highest BCUT2D eigenvalue weighted by Crippen LogP contribution is 2.17. The molecule has 1 heterocycles. The summed E-state index contributed by atoms with van der Waals surface area (Å²) < 4.78 is 18.2. The number of amides is 1. The predicted octanol–water partition coefficient (Wildman–Crippen LogP) is 2.60. The average Bonchev–Trinajstić information content (AvgIpc) is 2.50. The van der Waals surface area contributed by atoms with Gasteiger partial charge in [0, 0.05) is 6.20 Å². The minimum atomic E-state index is -0.697. The van der Waals surface area contributed by atoms with Crippen molar-refractivity contribution in [3.63, 3.8) is 0 Å². The molecule has 2 rings (SSSR count). The summed E-state index contributed by atoms with van der Waals surface area (Å²) in [4.78, 5) is 27.0. The molecule has 0 fully saturated rings. The zero-order chi connectivity index (χ0) is 15.9. The topological polar surface area (TPSA) is 68.3 Å². The summed E-state index contributed by atoms with van der Waals surface area (Å²) in [6, 6.07) is 9.03. The Morgan fingerprint density at radius 3 is 2.73 bits per heavy atom. The van der Waals surface area contributed by atoms with Crippen LogP contribution in [0.1, 0.15) is 5.56 Å². The van der Waals surface area contributed by atoms with Gasteiger partial charge in [-0.3, -0.25) is 9.59 Å². The fourth-order valence-electron chi connectivity index (χ4n) is 1.66. The molecule has 1 aromatic heterocycles. The van der Waals surface area contributed by atoms with Gasteiger partial charge in [-0.25, -0.2) is 9.37 Å². The highest BCUT2D eigenvalue weighted by molar-refractivity contribution is 6.32. The summed E-state index contributed by atoms with van der Waals surface area (Å²) >= 11 is 5.78. The standard InChI is InChI=1S/C15H12ClFN2O3/c16-15-12(6-3-7-18-15)19-13(20)9-22-14(21)8-10-4-1-2-5-11(10)17/h1-7H,8-9H2,(H,19,20). The average molecular weight is 323 g/mol. The molecule has 0 saturated carbocycles. The fourth-order valence-corrected chi connectivity index (χ4v) is 1.83. The van der Waals surface area contributed by atoms with E-state index >= 15 is 0 Å². The first-order valence-electron chi connectivity index (χ1n) is 6.35. The molecule has 0 saturated heterocycles. The fraction of sp³-hybridized carbons (Fsp3) is 0.133. The van der Waals surface area contributed by atoms with Gasteiger partial charge in [0.2, 0.25) is 0 Å². The molecule has 1 amide bonds. The summed E-state index contributed by atoms with van der Waals surface area (Å²) in [5.74, 6) is -1.75. The lowest BCUT2D eigenvalue weighted by molar-refractivity contribution is -0.146. The summed E-state index contributed by atoms with van der Waals surface area (Å²) in [5.41, 5.74) is 0.530. The Balaban J connectivity index is 1.82. The van der Waals surface area contributed by atoms with Crippen LogP contribution in [0.3, 0.4) is 0 Å². The van der Waals surface area contributed by atoms with Crippen LogP contribution in [0, 0.1) is 5.82 Å². The molecule has 2 aromatic rings. The number of esters is 1. The molecule has 0 unspecified atom stereocenters. The summed E-state index contributed by atoms with van der Waals surface area (Å²) in [6.45, 7) is -0.488. The number of anilines is 1. The molecule has 0 bridgehead atoms. The van der Waals surface area contributed by atoms with Crippen molar-refractivity contribution in [3.8, 4) is 0 Å². The van der Waals surface area contributed by atoms with Crippen molar-refractivity contribution in [1.29, 1.82) is 0 Å². The normalized spacial score (nSPS) is 10.1. The minimum Gasteiger partial charge on any atom is -0.455 e. The molecule has 0 aliphatic heterocycles. The Morgan fingerprint density at radius 1 is 1.23 bits per heavy atom. The van der Waals surface area contributed by atoms with Crippen LogP contribution in [-0.2, 0) is 20.7 Å². The zero-order valence-corrected chi connectivity index (χ0v) is 12.1. The molecular weight excluding hydrogens is 311 g/mol. The molecule has 7 heteroatoms. The van der Waals surface area contributed by atoms with Crippen LogP contribution >= 0.6 is 11.6 Å². The maximum atomic E-state index is 13.4. The van der Waals surface area contributed by atoms with Gasteiger partial charge in [0.15, 0.2) is 11.8 Å². The van der Waals surface area contributed by atoms with Gasteiger partial charge in [-0.15, -0.1) is 0 Å². The predicted molar refractivity (Wildman–Crippen MR) is 78.9 cm³/mol. The quantitative estimate of drug-likeness (QED) is 0.678. The van der Waals surface area contributed by atoms with Gasteiger partial charge in [0.25, 0.3) is 5.91 Å². The van der Waals surface area contributed by atoms with Crippen LogP contribution < -0.4 is 5.32 Å². The molecule has 0 radical (unpaired) electrons. The third kappa shape index (κ3) is 4.53. The monoisotopic (exact) mass is 322 g/mol. The van der Waals surface area contributed by atoms with Gasteiger partial charge in [0.1, 0.15) is 5.82 Å². The molecule has 1 N–H and O–H groups in total. The Morgan fingerprint density at radius 2 is 2.00 bits per heavy atom. The lowest BCUT2D eigenvalue weighted by Gasteiger charge is -2.07. The molecular formula is C15H12ClFN2O3. The largest absolute Gasteiger partial charge is 0.455 e. The second-order valence-corrected chi connectivity index (χ2v) is 4.68. The number of benzene rings is 1. The van der Waals surface area contributed by atoms with Crippen molar-refractivity contribution in [2.24, 2.45) is 0 Å². The first-order chi connectivity index (χ1) is 10.6. The van der Waals surface area contributed by atoms with Gasteiger partial charge in [0.05, 0.1) is 12.1 Å². The Kier molecular flexibility index (Phi) is 5.43. The third-order valence-electron chi connectivity index (χ3n) is 2.69. The number of carbonyl (C=O) groups excluding carboxylic acids is 2. The molecule has 0 atom stereocenters. The number of halogens is 2. The van der Waals surface area contributed by atoms with E-state index in [0.717, 1.165) is 0 Å². The number of carbonyl (C=O) groups is 2. The maximum Gasteiger partial charge on any atom is 0.310 e. The summed E-state index contributed by atoms with van der Waals surface area (Å²) in [5, 5.41) is 2.59. The van der Waals surface area contributed by atoms with Crippen LogP contribution in [0.25, 0.3) is 0 Å². The van der Waals surface area contributed by atoms with E-state index in [1.54, 1.807) is 18.2 Å². The molecule has 0 aliphatic rings. The SMILES string of the molecule is O=C(COC(=O)Cc1ccccc1F)Nc1cccnc1Cl. The third-order valence-corrected chi connectivity index (χ3v) is 2.99. The van der Waals surface area contributed by atoms with Crippen molar-refractivity contribution in [2.45, 2.75) is 6.42 Å². The van der Waals surface area contributed by atoms with E-state index in [9.17, 15) is 14.0 Å². The van der Waals surface area contributed by atoms with Crippen molar-refractivity contribution >= 4 is 29.2 Å². The number of pyridine rings is 1. The van der Waals surface area contributed by atoms with E-state index in [0.29, 0.717) is 5.69 Å². The minimum absolute atomic E-state index is 0.133. The van der Waals surface area contributed by atoms with Gasteiger partial charge >= 0.3 is 5.97 Å². The lowest BCUT2D eigenvalue weighted by Crippen LogP contribution is -2.22. The Hall–Kier alpha value is -2.47. The van der Waals surface area contributed by atoms with Crippen LogP contribution in [0.15, 0.2) is 42.6 Å². The number of hydrogen-bond acceptors (Lipinski definition) is 4. The number of rotatable bonds is 5. The number of nitrogens with zero attached hydrogens (tertiary/aromatic N) is 1. The summed E-state index contributed by atoms with van der Waals surface area (Å²) in [6.07, 6.45) is 1.24. The smallest absolute Gasteiger partial charge is 0.310 e. The molecule has 22 heavy (non-hydrogen) atoms. The molecule has 0 spiro atoms. The van der Waals surface area contributed by atoms with E-state index in [1.165, 1.54) is 24.4 Å². The van der Waals surface area contributed by atoms with Crippen LogP contribution in [-0.4, -0.2) is 23.5 Å².